The molecule has 2 N–H and O–H groups in total. The van der Waals surface area contributed by atoms with Gasteiger partial charge in [-0.2, -0.15) is 0 Å². The first kappa shape index (κ1) is 28.3. The first-order valence-electron chi connectivity index (χ1n) is 8.22. The minimum Gasteiger partial charge on any atom is -0.381 e. The van der Waals surface area contributed by atoms with Crippen LogP contribution in [0.25, 0.3) is 0 Å². The van der Waals surface area contributed by atoms with E-state index >= 15 is 0 Å². The molecule has 21 heavy (non-hydrogen) atoms. The summed E-state index contributed by atoms with van der Waals surface area (Å²) < 4.78 is 5.14. The minimum atomic E-state index is 0.500. The molecular formula is C19H41NO. The van der Waals surface area contributed by atoms with E-state index in [1.165, 1.54) is 19.3 Å². The summed E-state index contributed by atoms with van der Waals surface area (Å²) >= 11 is 0. The molecule has 0 saturated carbocycles. The van der Waals surface area contributed by atoms with Crippen LogP contribution in [0.3, 0.4) is 0 Å². The largest absolute Gasteiger partial charge is 0.381 e. The van der Waals surface area contributed by atoms with Crippen molar-refractivity contribution in [2.45, 2.75) is 73.3 Å². The summed E-state index contributed by atoms with van der Waals surface area (Å²) in [5.74, 6) is 0. The monoisotopic (exact) mass is 299 g/mol. The first-order chi connectivity index (χ1) is 10.1. The average molecular weight is 300 g/mol. The average Bonchev–Trinajstić information content (AvgIpc) is 2.48. The van der Waals surface area contributed by atoms with E-state index in [1.54, 1.807) is 13.2 Å². The molecule has 0 bridgehead atoms. The molecule has 1 unspecified atom stereocenters. The van der Waals surface area contributed by atoms with Crippen molar-refractivity contribution in [2.75, 3.05) is 13.7 Å². The fourth-order valence-electron chi connectivity index (χ4n) is 1.06. The molecule has 0 aromatic heterocycles. The molecule has 0 aromatic carbocycles. The Balaban J connectivity index is -0.000000101. The Morgan fingerprint density at radius 2 is 1.52 bits per heavy atom. The van der Waals surface area contributed by atoms with Crippen molar-refractivity contribution in [3.8, 4) is 0 Å². The fourth-order valence-corrected chi connectivity index (χ4v) is 1.06. The summed E-state index contributed by atoms with van der Waals surface area (Å²) in [6.07, 6.45) is 14.8. The van der Waals surface area contributed by atoms with Gasteiger partial charge in [-0.15, -0.1) is 0 Å². The number of hydrogen-bond donors (Lipinski definition) is 1. The van der Waals surface area contributed by atoms with Gasteiger partial charge in [0.15, 0.2) is 0 Å². The van der Waals surface area contributed by atoms with Crippen LogP contribution in [0.5, 0.6) is 0 Å². The van der Waals surface area contributed by atoms with Crippen LogP contribution in [0.4, 0.5) is 0 Å². The van der Waals surface area contributed by atoms with Gasteiger partial charge >= 0.3 is 0 Å². The van der Waals surface area contributed by atoms with Gasteiger partial charge in [-0.3, -0.25) is 0 Å². The van der Waals surface area contributed by atoms with Gasteiger partial charge in [0.1, 0.15) is 0 Å². The highest BCUT2D eigenvalue weighted by atomic mass is 16.5. The second kappa shape index (κ2) is 36.5. The Bertz CT molecular complexity index is 192. The second-order valence-corrected chi connectivity index (χ2v) is 4.32. The quantitative estimate of drug-likeness (QED) is 0.620. The minimum absolute atomic E-state index is 0.500. The van der Waals surface area contributed by atoms with Crippen molar-refractivity contribution < 1.29 is 4.74 Å². The summed E-state index contributed by atoms with van der Waals surface area (Å²) in [7, 11) is 1.78. The van der Waals surface area contributed by atoms with Crippen LogP contribution >= 0.6 is 0 Å². The third kappa shape index (κ3) is 54.7. The zero-order valence-corrected chi connectivity index (χ0v) is 15.7. The van der Waals surface area contributed by atoms with Crippen molar-refractivity contribution in [3.05, 3.63) is 37.0 Å². The van der Waals surface area contributed by atoms with Gasteiger partial charge in [0.2, 0.25) is 0 Å². The molecule has 0 aliphatic rings. The lowest BCUT2D eigenvalue weighted by Gasteiger charge is -2.09. The van der Waals surface area contributed by atoms with Crippen LogP contribution in [-0.4, -0.2) is 19.8 Å². The van der Waals surface area contributed by atoms with Crippen LogP contribution in [0.2, 0.25) is 0 Å². The number of nitrogens with two attached hydrogens (primary N) is 1. The first-order valence-corrected chi connectivity index (χ1v) is 8.22. The Hall–Kier alpha value is -0.860. The van der Waals surface area contributed by atoms with Crippen LogP contribution in [0, 0.1) is 0 Å². The van der Waals surface area contributed by atoms with Crippen LogP contribution in [0.15, 0.2) is 37.0 Å². The maximum atomic E-state index is 5.14. The fraction of sp³-hybridized carbons (Fsp3) is 0.684. The predicted molar refractivity (Wildman–Crippen MR) is 101 cm³/mol. The van der Waals surface area contributed by atoms with Gasteiger partial charge in [0.25, 0.3) is 0 Å². The molecule has 0 fully saturated rings. The van der Waals surface area contributed by atoms with Crippen molar-refractivity contribution in [2.24, 2.45) is 5.73 Å². The van der Waals surface area contributed by atoms with E-state index in [0.29, 0.717) is 6.10 Å². The molecule has 2 nitrogen and oxygen atoms in total. The molecule has 1 atom stereocenters. The number of methoxy groups -OCH3 is 1. The Labute approximate surface area is 135 Å². The molecule has 0 saturated heterocycles. The molecule has 0 spiro atoms. The molecule has 0 amide bonds. The molecule has 128 valence electrons. The van der Waals surface area contributed by atoms with E-state index in [1.807, 2.05) is 38.2 Å². The zero-order chi connectivity index (χ0) is 17.4. The van der Waals surface area contributed by atoms with E-state index in [0.717, 1.165) is 13.0 Å². The van der Waals surface area contributed by atoms with E-state index in [4.69, 9.17) is 10.5 Å². The molecule has 0 radical (unpaired) electrons. The van der Waals surface area contributed by atoms with Crippen LogP contribution in [-0.2, 0) is 4.74 Å². The van der Waals surface area contributed by atoms with Gasteiger partial charge in [0, 0.05) is 7.11 Å². The molecular weight excluding hydrogens is 258 g/mol. The standard InChI is InChI=1S/C7H16O.C7H10.C3H8.C2H7N/c1-4-6-7(5-2)8-3;1-3-5-7-6-4-2;1-3-2;1-2-3/h7H,4-6H2,1-3H3;3-7H,1H2,2H3;3H2,1-2H3;2-3H2,1H3/b;6-4-,7-5-;;. The van der Waals surface area contributed by atoms with E-state index in [2.05, 4.69) is 34.3 Å². The summed E-state index contributed by atoms with van der Waals surface area (Å²) in [5.41, 5.74) is 4.85. The highest BCUT2D eigenvalue weighted by Crippen LogP contribution is 2.03. The smallest absolute Gasteiger partial charge is 0.0568 e. The third-order valence-electron chi connectivity index (χ3n) is 1.95. The summed E-state index contributed by atoms with van der Waals surface area (Å²) in [6.45, 7) is 16.7. The topological polar surface area (TPSA) is 35.2 Å². The molecule has 0 aliphatic heterocycles. The number of ether oxygens (including phenoxy) is 1. The van der Waals surface area contributed by atoms with Crippen molar-refractivity contribution in [3.63, 3.8) is 0 Å². The van der Waals surface area contributed by atoms with Gasteiger partial charge in [-0.05, 0) is 26.3 Å². The molecule has 0 rings (SSSR count). The van der Waals surface area contributed by atoms with Crippen LogP contribution in [0.1, 0.15) is 67.2 Å². The normalized spacial score (nSPS) is 10.7. The Kier molecular flexibility index (Phi) is 49.2. The number of allylic oxidation sites excluding steroid dienone is 5. The van der Waals surface area contributed by atoms with Gasteiger partial charge < -0.3 is 10.5 Å². The van der Waals surface area contributed by atoms with E-state index in [-0.39, 0.29) is 0 Å². The lowest BCUT2D eigenvalue weighted by atomic mass is 10.2. The highest BCUT2D eigenvalue weighted by Gasteiger charge is 1.99. The number of rotatable bonds is 6. The summed E-state index contributed by atoms with van der Waals surface area (Å²) in [5, 5.41) is 0. The number of hydrogen-bond acceptors (Lipinski definition) is 2. The van der Waals surface area contributed by atoms with Crippen LogP contribution < -0.4 is 5.73 Å². The van der Waals surface area contributed by atoms with Gasteiger partial charge in [-0.1, -0.05) is 84.4 Å². The van der Waals surface area contributed by atoms with Crippen molar-refractivity contribution >= 4 is 0 Å². The Morgan fingerprint density at radius 1 is 1.05 bits per heavy atom. The van der Waals surface area contributed by atoms with Crippen molar-refractivity contribution in [1.29, 1.82) is 0 Å². The summed E-state index contributed by atoms with van der Waals surface area (Å²) in [4.78, 5) is 0. The van der Waals surface area contributed by atoms with Gasteiger partial charge in [-0.25, -0.2) is 0 Å². The maximum Gasteiger partial charge on any atom is 0.0568 e. The lowest BCUT2D eigenvalue weighted by molar-refractivity contribution is 0.0915. The maximum absolute atomic E-state index is 5.14. The van der Waals surface area contributed by atoms with Gasteiger partial charge in [0.05, 0.1) is 6.10 Å². The lowest BCUT2D eigenvalue weighted by Crippen LogP contribution is -2.07. The SMILES string of the molecule is C=C/C=C\C=C/C.CCC.CCCC(CC)OC.CCN. The molecule has 0 heterocycles. The summed E-state index contributed by atoms with van der Waals surface area (Å²) in [6, 6.07) is 0. The van der Waals surface area contributed by atoms with E-state index < -0.39 is 0 Å². The highest BCUT2D eigenvalue weighted by molar-refractivity contribution is 5.07. The second-order valence-electron chi connectivity index (χ2n) is 4.32. The molecule has 2 heteroatoms. The Morgan fingerprint density at radius 3 is 1.71 bits per heavy atom. The van der Waals surface area contributed by atoms with Crippen molar-refractivity contribution in [1.82, 2.24) is 0 Å². The predicted octanol–water partition coefficient (Wildman–Crippen LogP) is 5.90. The third-order valence-corrected chi connectivity index (χ3v) is 1.95. The molecule has 0 aliphatic carbocycles. The van der Waals surface area contributed by atoms with E-state index in [9.17, 15) is 0 Å². The zero-order valence-electron chi connectivity index (χ0n) is 15.7. The molecule has 0 aromatic rings.